The van der Waals surface area contributed by atoms with E-state index < -0.39 is 0 Å². The fourth-order valence-corrected chi connectivity index (χ4v) is 2.86. The molecule has 1 aliphatic heterocycles. The maximum Gasteiger partial charge on any atom is 0.188 e. The Morgan fingerprint density at radius 1 is 1.17 bits per heavy atom. The predicted molar refractivity (Wildman–Crippen MR) is 77.8 cm³/mol. The van der Waals surface area contributed by atoms with Crippen molar-refractivity contribution in [2.45, 2.75) is 19.3 Å². The van der Waals surface area contributed by atoms with Crippen LogP contribution in [0, 0.1) is 0 Å². The first-order valence-electron chi connectivity index (χ1n) is 6.41. The summed E-state index contributed by atoms with van der Waals surface area (Å²) in [6.45, 7) is 2.16. The van der Waals surface area contributed by atoms with Crippen LogP contribution in [0.3, 0.4) is 0 Å². The number of nitrogens with zero attached hydrogens (tertiary/aromatic N) is 1. The van der Waals surface area contributed by atoms with E-state index in [1.807, 2.05) is 36.6 Å². The number of carbonyl (C=O) groups is 1. The molecule has 3 heteroatoms. The number of ketones is 1. The van der Waals surface area contributed by atoms with Crippen LogP contribution in [0.4, 0.5) is 0 Å². The molecule has 96 valence electrons. The minimum atomic E-state index is 0.102. The third-order valence-electron chi connectivity index (χ3n) is 3.19. The monoisotopic (exact) mass is 261 g/mol. The Bertz CT molecular complexity index is 421. The summed E-state index contributed by atoms with van der Waals surface area (Å²) < 4.78 is 0. The number of piperidine rings is 1. The van der Waals surface area contributed by atoms with E-state index in [0.717, 1.165) is 23.7 Å². The summed E-state index contributed by atoms with van der Waals surface area (Å²) in [7, 11) is 0. The maximum atomic E-state index is 12.1. The van der Waals surface area contributed by atoms with E-state index >= 15 is 0 Å². The van der Waals surface area contributed by atoms with Gasteiger partial charge in [-0.15, -0.1) is 11.8 Å². The van der Waals surface area contributed by atoms with Crippen molar-refractivity contribution < 1.29 is 4.79 Å². The number of likely N-dealkylation sites (tertiary alicyclic amines) is 1. The molecule has 0 spiro atoms. The molecule has 1 heterocycles. The van der Waals surface area contributed by atoms with E-state index in [0.29, 0.717) is 0 Å². The van der Waals surface area contributed by atoms with Crippen LogP contribution in [0.5, 0.6) is 0 Å². The van der Waals surface area contributed by atoms with Gasteiger partial charge in [-0.05, 0) is 25.5 Å². The Kier molecular flexibility index (Phi) is 4.88. The minimum absolute atomic E-state index is 0.102. The summed E-state index contributed by atoms with van der Waals surface area (Å²) in [6.07, 6.45) is 7.60. The Hall–Kier alpha value is -1.22. The number of benzene rings is 1. The van der Waals surface area contributed by atoms with Crippen LogP contribution < -0.4 is 0 Å². The van der Waals surface area contributed by atoms with Crippen LogP contribution in [0.25, 0.3) is 0 Å². The fraction of sp³-hybridized carbons (Fsp3) is 0.400. The van der Waals surface area contributed by atoms with Gasteiger partial charge in [0.15, 0.2) is 5.78 Å². The van der Waals surface area contributed by atoms with E-state index in [1.165, 1.54) is 19.3 Å². The van der Waals surface area contributed by atoms with Gasteiger partial charge in [-0.25, -0.2) is 0 Å². The molecule has 0 unspecified atom stereocenters. The smallest absolute Gasteiger partial charge is 0.188 e. The Balaban J connectivity index is 2.11. The lowest BCUT2D eigenvalue weighted by Gasteiger charge is -2.29. The van der Waals surface area contributed by atoms with Crippen molar-refractivity contribution in [2.24, 2.45) is 0 Å². The Labute approximate surface area is 113 Å². The van der Waals surface area contributed by atoms with E-state index in [-0.39, 0.29) is 5.78 Å². The first-order chi connectivity index (χ1) is 8.81. The van der Waals surface area contributed by atoms with Crippen LogP contribution in [-0.4, -0.2) is 30.0 Å². The lowest BCUT2D eigenvalue weighted by molar-refractivity contribution is 0.104. The molecule has 1 aromatic rings. The number of hydrogen-bond acceptors (Lipinski definition) is 3. The molecule has 0 saturated carbocycles. The zero-order valence-corrected chi connectivity index (χ0v) is 11.6. The number of rotatable bonds is 4. The van der Waals surface area contributed by atoms with Crippen molar-refractivity contribution in [1.29, 1.82) is 0 Å². The van der Waals surface area contributed by atoms with Gasteiger partial charge in [-0.2, -0.15) is 0 Å². The molecule has 0 aliphatic carbocycles. The van der Waals surface area contributed by atoms with E-state index in [9.17, 15) is 4.79 Å². The van der Waals surface area contributed by atoms with Crippen molar-refractivity contribution in [3.8, 4) is 0 Å². The molecule has 1 aromatic carbocycles. The highest BCUT2D eigenvalue weighted by Gasteiger charge is 2.14. The fourth-order valence-electron chi connectivity index (χ4n) is 2.19. The summed E-state index contributed by atoms with van der Waals surface area (Å²) in [6, 6.07) is 9.47. The zero-order chi connectivity index (χ0) is 12.8. The normalized spacial score (nSPS) is 16.7. The average molecular weight is 261 g/mol. The molecule has 1 saturated heterocycles. The third kappa shape index (κ3) is 3.39. The van der Waals surface area contributed by atoms with E-state index in [1.54, 1.807) is 17.8 Å². The summed E-state index contributed by atoms with van der Waals surface area (Å²) in [4.78, 5) is 14.5. The molecule has 0 aromatic heterocycles. The highest BCUT2D eigenvalue weighted by Crippen LogP contribution is 2.22. The lowest BCUT2D eigenvalue weighted by atomic mass is 10.1. The largest absolute Gasteiger partial charge is 0.366 e. The summed E-state index contributed by atoms with van der Waals surface area (Å²) in [5.41, 5.74) is 0.765. The Morgan fingerprint density at radius 2 is 1.83 bits per heavy atom. The topological polar surface area (TPSA) is 20.3 Å². The molecule has 0 N–H and O–H groups in total. The standard InChI is InChI=1S/C15H19NOS/c1-18-15(16-10-6-3-7-11-16)12-14(17)13-8-4-2-5-9-13/h2,4-5,8-9,12H,3,6-7,10-11H2,1H3/b15-12-. The van der Waals surface area contributed by atoms with Gasteiger partial charge in [0.2, 0.25) is 0 Å². The van der Waals surface area contributed by atoms with Gasteiger partial charge in [0.1, 0.15) is 0 Å². The average Bonchev–Trinajstić information content (AvgIpc) is 2.46. The van der Waals surface area contributed by atoms with E-state index in [2.05, 4.69) is 4.90 Å². The van der Waals surface area contributed by atoms with Crippen molar-refractivity contribution in [2.75, 3.05) is 19.3 Å². The van der Waals surface area contributed by atoms with Crippen LogP contribution in [0.1, 0.15) is 29.6 Å². The third-order valence-corrected chi connectivity index (χ3v) is 3.98. The molecular weight excluding hydrogens is 242 g/mol. The first kappa shape index (κ1) is 13.2. The quantitative estimate of drug-likeness (QED) is 0.610. The highest BCUT2D eigenvalue weighted by atomic mass is 32.2. The summed E-state index contributed by atoms with van der Waals surface area (Å²) in [5, 5.41) is 1.10. The van der Waals surface area contributed by atoms with Gasteiger partial charge in [0.25, 0.3) is 0 Å². The van der Waals surface area contributed by atoms with Crippen molar-refractivity contribution in [1.82, 2.24) is 4.90 Å². The SMILES string of the molecule is CS/C(=C\C(=O)c1ccccc1)N1CCCCC1. The Morgan fingerprint density at radius 3 is 2.44 bits per heavy atom. The van der Waals surface area contributed by atoms with Crippen LogP contribution in [0.15, 0.2) is 41.4 Å². The zero-order valence-electron chi connectivity index (χ0n) is 10.8. The van der Waals surface area contributed by atoms with Gasteiger partial charge >= 0.3 is 0 Å². The van der Waals surface area contributed by atoms with Gasteiger partial charge in [-0.1, -0.05) is 30.3 Å². The molecule has 18 heavy (non-hydrogen) atoms. The number of carbonyl (C=O) groups excluding carboxylic acids is 1. The number of thioether (sulfide) groups is 1. The molecule has 1 aliphatic rings. The molecule has 0 radical (unpaired) electrons. The lowest BCUT2D eigenvalue weighted by Crippen LogP contribution is -2.28. The number of allylic oxidation sites excluding steroid dienone is 1. The molecule has 0 bridgehead atoms. The van der Waals surface area contributed by atoms with Gasteiger partial charge < -0.3 is 4.90 Å². The molecule has 2 rings (SSSR count). The van der Waals surface area contributed by atoms with Crippen molar-refractivity contribution in [3.05, 3.63) is 47.0 Å². The van der Waals surface area contributed by atoms with Crippen LogP contribution in [-0.2, 0) is 0 Å². The molecule has 0 amide bonds. The molecule has 1 fully saturated rings. The highest BCUT2D eigenvalue weighted by molar-refractivity contribution is 8.02. The predicted octanol–water partition coefficient (Wildman–Crippen LogP) is 3.56. The maximum absolute atomic E-state index is 12.1. The second-order valence-electron chi connectivity index (χ2n) is 4.46. The van der Waals surface area contributed by atoms with Crippen molar-refractivity contribution in [3.63, 3.8) is 0 Å². The minimum Gasteiger partial charge on any atom is -0.366 e. The molecular formula is C15H19NOS. The van der Waals surface area contributed by atoms with Gasteiger partial charge in [0, 0.05) is 24.7 Å². The second-order valence-corrected chi connectivity index (χ2v) is 5.29. The van der Waals surface area contributed by atoms with Gasteiger partial charge in [0.05, 0.1) is 5.03 Å². The van der Waals surface area contributed by atoms with Crippen LogP contribution in [0.2, 0.25) is 0 Å². The second kappa shape index (κ2) is 6.64. The van der Waals surface area contributed by atoms with E-state index in [4.69, 9.17) is 0 Å². The first-order valence-corrected chi connectivity index (χ1v) is 7.64. The number of hydrogen-bond donors (Lipinski definition) is 0. The molecule has 0 atom stereocenters. The van der Waals surface area contributed by atoms with Crippen molar-refractivity contribution >= 4 is 17.5 Å². The summed E-state index contributed by atoms with van der Waals surface area (Å²) >= 11 is 1.67. The summed E-state index contributed by atoms with van der Waals surface area (Å²) in [5.74, 6) is 0.102. The van der Waals surface area contributed by atoms with Gasteiger partial charge in [-0.3, -0.25) is 4.79 Å². The molecule has 2 nitrogen and oxygen atoms in total. The van der Waals surface area contributed by atoms with Crippen LogP contribution >= 0.6 is 11.8 Å².